The molecule has 22 heavy (non-hydrogen) atoms. The predicted octanol–water partition coefficient (Wildman–Crippen LogP) is 2.20. The van der Waals surface area contributed by atoms with E-state index in [9.17, 15) is 9.59 Å². The van der Waals surface area contributed by atoms with E-state index in [1.54, 1.807) is 24.3 Å². The van der Waals surface area contributed by atoms with Gasteiger partial charge in [-0.2, -0.15) is 0 Å². The summed E-state index contributed by atoms with van der Waals surface area (Å²) in [6.07, 6.45) is 0. The molecule has 5 nitrogen and oxygen atoms in total. The summed E-state index contributed by atoms with van der Waals surface area (Å²) in [5.41, 5.74) is 7.85. The summed E-state index contributed by atoms with van der Waals surface area (Å²) in [5.74, 6) is -0.688. The van der Waals surface area contributed by atoms with Gasteiger partial charge in [0.15, 0.2) is 0 Å². The van der Waals surface area contributed by atoms with Crippen LogP contribution in [-0.4, -0.2) is 16.8 Å². The third-order valence-electron chi connectivity index (χ3n) is 3.45. The lowest BCUT2D eigenvalue weighted by Gasteiger charge is -2.03. The number of aromatic amines is 1. The molecule has 0 saturated carbocycles. The lowest BCUT2D eigenvalue weighted by molar-refractivity contribution is 0.0945. The molecule has 4 N–H and O–H groups in total. The first-order valence-corrected chi connectivity index (χ1v) is 6.88. The van der Waals surface area contributed by atoms with E-state index >= 15 is 0 Å². The molecule has 0 aliphatic heterocycles. The minimum Gasteiger partial charge on any atom is -0.366 e. The Bertz CT molecular complexity index is 837. The number of nitrogens with two attached hydrogens (primary N) is 1. The highest BCUT2D eigenvalue weighted by Gasteiger charge is 2.10. The molecule has 0 aliphatic carbocycles. The van der Waals surface area contributed by atoms with Crippen LogP contribution < -0.4 is 11.1 Å². The lowest BCUT2D eigenvalue weighted by Crippen LogP contribution is -2.22. The Balaban J connectivity index is 1.78. The third kappa shape index (κ3) is 2.83. The zero-order valence-electron chi connectivity index (χ0n) is 11.8. The second kappa shape index (κ2) is 5.73. The first kappa shape index (κ1) is 13.9. The van der Waals surface area contributed by atoms with Crippen molar-refractivity contribution in [2.75, 3.05) is 0 Å². The fourth-order valence-electron chi connectivity index (χ4n) is 2.28. The van der Waals surface area contributed by atoms with Gasteiger partial charge in [0.2, 0.25) is 5.91 Å². The molecule has 0 radical (unpaired) electrons. The molecular weight excluding hydrogens is 278 g/mol. The van der Waals surface area contributed by atoms with Gasteiger partial charge < -0.3 is 16.0 Å². The number of nitrogens with one attached hydrogen (secondary N) is 2. The maximum Gasteiger partial charge on any atom is 0.267 e. The Labute approximate surface area is 127 Å². The average Bonchev–Trinajstić information content (AvgIpc) is 2.96. The van der Waals surface area contributed by atoms with Crippen LogP contribution in [0, 0.1) is 0 Å². The fraction of sp³-hybridized carbons (Fsp3) is 0.0588. The van der Waals surface area contributed by atoms with Crippen LogP contribution in [0.1, 0.15) is 26.4 Å². The van der Waals surface area contributed by atoms with Crippen molar-refractivity contribution in [1.82, 2.24) is 10.3 Å². The first-order valence-electron chi connectivity index (χ1n) is 6.88. The van der Waals surface area contributed by atoms with E-state index in [1.165, 1.54) is 0 Å². The standard InChI is InChI=1S/C17H15N3O2/c18-16(21)13-7-6-12-8-15(20-14(12)9-13)17(22)19-10-11-4-2-1-3-5-11/h1-9,20H,10H2,(H2,18,21)(H,19,22). The van der Waals surface area contributed by atoms with Crippen LogP contribution in [-0.2, 0) is 6.54 Å². The van der Waals surface area contributed by atoms with Crippen molar-refractivity contribution >= 4 is 22.7 Å². The Morgan fingerprint density at radius 2 is 1.82 bits per heavy atom. The van der Waals surface area contributed by atoms with Crippen LogP contribution >= 0.6 is 0 Å². The molecule has 0 fully saturated rings. The monoisotopic (exact) mass is 293 g/mol. The van der Waals surface area contributed by atoms with Gasteiger partial charge in [-0.25, -0.2) is 0 Å². The number of hydrogen-bond acceptors (Lipinski definition) is 2. The highest BCUT2D eigenvalue weighted by atomic mass is 16.2. The zero-order valence-corrected chi connectivity index (χ0v) is 11.8. The van der Waals surface area contributed by atoms with Crippen LogP contribution in [0.15, 0.2) is 54.6 Å². The molecule has 2 amide bonds. The predicted molar refractivity (Wildman–Crippen MR) is 84.4 cm³/mol. The zero-order chi connectivity index (χ0) is 15.5. The summed E-state index contributed by atoms with van der Waals surface area (Å²) >= 11 is 0. The first-order chi connectivity index (χ1) is 10.6. The summed E-state index contributed by atoms with van der Waals surface area (Å²) in [5, 5.41) is 3.71. The molecule has 0 bridgehead atoms. The number of hydrogen-bond donors (Lipinski definition) is 3. The molecule has 2 aromatic carbocycles. The summed E-state index contributed by atoms with van der Waals surface area (Å²) in [6, 6.07) is 16.5. The number of H-pyrrole nitrogens is 1. The van der Waals surface area contributed by atoms with E-state index in [2.05, 4.69) is 10.3 Å². The molecule has 0 spiro atoms. The van der Waals surface area contributed by atoms with Gasteiger partial charge in [-0.15, -0.1) is 0 Å². The van der Waals surface area contributed by atoms with Crippen LogP contribution in [0.25, 0.3) is 10.9 Å². The Hall–Kier alpha value is -3.08. The molecule has 5 heteroatoms. The van der Waals surface area contributed by atoms with Gasteiger partial charge in [0, 0.05) is 23.0 Å². The summed E-state index contributed by atoms with van der Waals surface area (Å²) in [7, 11) is 0. The van der Waals surface area contributed by atoms with E-state index in [0.717, 1.165) is 10.9 Å². The molecule has 3 aromatic rings. The summed E-state index contributed by atoms with van der Waals surface area (Å²) in [6.45, 7) is 0.460. The number of primary amides is 1. The topological polar surface area (TPSA) is 88.0 Å². The van der Waals surface area contributed by atoms with Gasteiger partial charge >= 0.3 is 0 Å². The van der Waals surface area contributed by atoms with Crippen molar-refractivity contribution < 1.29 is 9.59 Å². The minimum atomic E-state index is -0.494. The fourth-order valence-corrected chi connectivity index (χ4v) is 2.28. The van der Waals surface area contributed by atoms with Gasteiger partial charge in [-0.05, 0) is 23.8 Å². The smallest absolute Gasteiger partial charge is 0.267 e. The van der Waals surface area contributed by atoms with Gasteiger partial charge in [-0.3, -0.25) is 9.59 Å². The number of carbonyl (C=O) groups excluding carboxylic acids is 2. The second-order valence-electron chi connectivity index (χ2n) is 5.02. The number of fused-ring (bicyclic) bond motifs is 1. The van der Waals surface area contributed by atoms with Crippen molar-refractivity contribution in [2.24, 2.45) is 5.73 Å². The lowest BCUT2D eigenvalue weighted by atomic mass is 10.1. The van der Waals surface area contributed by atoms with Crippen LogP contribution in [0.3, 0.4) is 0 Å². The van der Waals surface area contributed by atoms with E-state index < -0.39 is 5.91 Å². The summed E-state index contributed by atoms with van der Waals surface area (Å²) < 4.78 is 0. The number of benzene rings is 2. The molecule has 0 saturated heterocycles. The van der Waals surface area contributed by atoms with Crippen molar-refractivity contribution in [3.05, 3.63) is 71.4 Å². The Kier molecular flexibility index (Phi) is 3.62. The van der Waals surface area contributed by atoms with Crippen LogP contribution in [0.2, 0.25) is 0 Å². The Morgan fingerprint density at radius 3 is 2.55 bits per heavy atom. The SMILES string of the molecule is NC(=O)c1ccc2cc(C(=O)NCc3ccccc3)[nH]c2c1. The van der Waals surface area contributed by atoms with Gasteiger partial charge in [0.25, 0.3) is 5.91 Å². The van der Waals surface area contributed by atoms with E-state index in [1.807, 2.05) is 30.3 Å². The van der Waals surface area contributed by atoms with Crippen molar-refractivity contribution in [2.45, 2.75) is 6.54 Å². The van der Waals surface area contributed by atoms with Crippen molar-refractivity contribution in [1.29, 1.82) is 0 Å². The number of aromatic nitrogens is 1. The summed E-state index contributed by atoms with van der Waals surface area (Å²) in [4.78, 5) is 26.4. The average molecular weight is 293 g/mol. The van der Waals surface area contributed by atoms with Gasteiger partial charge in [-0.1, -0.05) is 36.4 Å². The molecule has 0 unspecified atom stereocenters. The van der Waals surface area contributed by atoms with Crippen LogP contribution in [0.5, 0.6) is 0 Å². The molecule has 1 aromatic heterocycles. The van der Waals surface area contributed by atoms with Gasteiger partial charge in [0.1, 0.15) is 5.69 Å². The molecule has 110 valence electrons. The van der Waals surface area contributed by atoms with E-state index in [-0.39, 0.29) is 5.91 Å². The Morgan fingerprint density at radius 1 is 1.05 bits per heavy atom. The molecule has 1 heterocycles. The molecule has 0 aliphatic rings. The number of rotatable bonds is 4. The molecule has 3 rings (SSSR count). The van der Waals surface area contributed by atoms with Crippen molar-refractivity contribution in [3.63, 3.8) is 0 Å². The highest BCUT2D eigenvalue weighted by molar-refractivity contribution is 6.01. The van der Waals surface area contributed by atoms with Crippen molar-refractivity contribution in [3.8, 4) is 0 Å². The maximum absolute atomic E-state index is 12.2. The number of amides is 2. The quantitative estimate of drug-likeness (QED) is 0.688. The highest BCUT2D eigenvalue weighted by Crippen LogP contribution is 2.17. The second-order valence-corrected chi connectivity index (χ2v) is 5.02. The third-order valence-corrected chi connectivity index (χ3v) is 3.45. The normalized spacial score (nSPS) is 10.5. The number of carbonyl (C=O) groups is 2. The molecular formula is C17H15N3O2. The largest absolute Gasteiger partial charge is 0.366 e. The van der Waals surface area contributed by atoms with E-state index in [0.29, 0.717) is 23.3 Å². The minimum absolute atomic E-state index is 0.194. The maximum atomic E-state index is 12.2. The van der Waals surface area contributed by atoms with E-state index in [4.69, 9.17) is 5.73 Å². The van der Waals surface area contributed by atoms with Gasteiger partial charge in [0.05, 0.1) is 0 Å². The van der Waals surface area contributed by atoms with Crippen LogP contribution in [0.4, 0.5) is 0 Å². The molecule has 0 atom stereocenters.